The Morgan fingerprint density at radius 1 is 1.24 bits per heavy atom. The number of halogens is 1. The molecule has 0 atom stereocenters. The van der Waals surface area contributed by atoms with Crippen molar-refractivity contribution >= 4 is 5.91 Å². The molecular formula is C12H12FN3O. The van der Waals surface area contributed by atoms with Crippen LogP contribution >= 0.6 is 0 Å². The van der Waals surface area contributed by atoms with E-state index in [0.717, 1.165) is 17.5 Å². The second kappa shape index (κ2) is 4.37. The van der Waals surface area contributed by atoms with Crippen molar-refractivity contribution in [3.8, 4) is 0 Å². The number of pyridine rings is 1. The van der Waals surface area contributed by atoms with Gasteiger partial charge in [-0.05, 0) is 38.1 Å². The third-order valence-corrected chi connectivity index (χ3v) is 2.47. The van der Waals surface area contributed by atoms with Gasteiger partial charge in [0.2, 0.25) is 5.95 Å². The standard InChI is InChI=1S/C12H12FN3O/c1-8-3-4-9(2)16(8)15-12(17)10-5-6-11(13)14-7-10/h3-7H,1-2H3,(H,15,17). The Labute approximate surface area is 98.1 Å². The van der Waals surface area contributed by atoms with E-state index in [4.69, 9.17) is 0 Å². The fraction of sp³-hybridized carbons (Fsp3) is 0.167. The first-order valence-electron chi connectivity index (χ1n) is 5.16. The first-order valence-corrected chi connectivity index (χ1v) is 5.16. The minimum atomic E-state index is -0.602. The highest BCUT2D eigenvalue weighted by atomic mass is 19.1. The number of amides is 1. The molecule has 4 nitrogen and oxygen atoms in total. The van der Waals surface area contributed by atoms with Gasteiger partial charge in [-0.2, -0.15) is 4.39 Å². The zero-order valence-electron chi connectivity index (χ0n) is 9.57. The predicted octanol–water partition coefficient (Wildman–Crippen LogP) is 2.02. The first kappa shape index (κ1) is 11.3. The molecule has 5 heteroatoms. The van der Waals surface area contributed by atoms with Crippen molar-refractivity contribution in [1.29, 1.82) is 0 Å². The lowest BCUT2D eigenvalue weighted by Gasteiger charge is -2.10. The highest BCUT2D eigenvalue weighted by Gasteiger charge is 2.08. The summed E-state index contributed by atoms with van der Waals surface area (Å²) in [7, 11) is 0. The molecule has 0 fully saturated rings. The van der Waals surface area contributed by atoms with E-state index in [0.29, 0.717) is 5.56 Å². The highest BCUT2D eigenvalue weighted by molar-refractivity contribution is 5.99. The van der Waals surface area contributed by atoms with Crippen LogP contribution in [-0.2, 0) is 0 Å². The molecule has 0 saturated heterocycles. The van der Waals surface area contributed by atoms with Crippen LogP contribution in [0.25, 0.3) is 0 Å². The molecule has 88 valence electrons. The lowest BCUT2D eigenvalue weighted by molar-refractivity contribution is 0.101. The van der Waals surface area contributed by atoms with Gasteiger partial charge in [0.25, 0.3) is 5.91 Å². The Bertz CT molecular complexity index is 526. The number of hydrogen-bond donors (Lipinski definition) is 1. The molecule has 0 aliphatic carbocycles. The zero-order chi connectivity index (χ0) is 12.4. The van der Waals surface area contributed by atoms with E-state index in [2.05, 4.69) is 10.4 Å². The number of carbonyl (C=O) groups excluding carboxylic acids is 1. The van der Waals surface area contributed by atoms with E-state index in [9.17, 15) is 9.18 Å². The normalized spacial score (nSPS) is 10.3. The molecule has 0 aromatic carbocycles. The van der Waals surface area contributed by atoms with E-state index in [1.165, 1.54) is 12.3 Å². The fourth-order valence-corrected chi connectivity index (χ4v) is 1.52. The molecule has 2 aromatic heterocycles. The topological polar surface area (TPSA) is 46.9 Å². The van der Waals surface area contributed by atoms with E-state index < -0.39 is 5.95 Å². The molecule has 2 heterocycles. The highest BCUT2D eigenvalue weighted by Crippen LogP contribution is 2.06. The van der Waals surface area contributed by atoms with Crippen molar-refractivity contribution in [3.05, 3.63) is 53.4 Å². The number of rotatable bonds is 2. The number of aryl methyl sites for hydroxylation is 2. The summed E-state index contributed by atoms with van der Waals surface area (Å²) in [6.45, 7) is 3.77. The number of nitrogens with one attached hydrogen (secondary N) is 1. The number of aromatic nitrogens is 2. The SMILES string of the molecule is Cc1ccc(C)n1NC(=O)c1ccc(F)nc1. The smallest absolute Gasteiger partial charge is 0.267 e. The van der Waals surface area contributed by atoms with Gasteiger partial charge in [0.1, 0.15) is 0 Å². The van der Waals surface area contributed by atoms with Gasteiger partial charge >= 0.3 is 0 Å². The van der Waals surface area contributed by atoms with Crippen molar-refractivity contribution in [2.45, 2.75) is 13.8 Å². The molecule has 0 saturated carbocycles. The molecule has 0 radical (unpaired) electrons. The molecule has 0 aliphatic heterocycles. The lowest BCUT2D eigenvalue weighted by Crippen LogP contribution is -2.24. The van der Waals surface area contributed by atoms with E-state index in [-0.39, 0.29) is 5.91 Å². The van der Waals surface area contributed by atoms with Crippen LogP contribution in [0.15, 0.2) is 30.5 Å². The summed E-state index contributed by atoms with van der Waals surface area (Å²) in [5.41, 5.74) is 4.87. The number of nitrogens with zero attached hydrogens (tertiary/aromatic N) is 2. The molecule has 1 amide bonds. The second-order valence-electron chi connectivity index (χ2n) is 3.76. The maximum Gasteiger partial charge on any atom is 0.271 e. The van der Waals surface area contributed by atoms with Gasteiger partial charge in [-0.3, -0.25) is 14.9 Å². The van der Waals surface area contributed by atoms with Gasteiger partial charge in [-0.1, -0.05) is 0 Å². The van der Waals surface area contributed by atoms with Gasteiger partial charge in [-0.15, -0.1) is 0 Å². The molecule has 1 N–H and O–H groups in total. The van der Waals surface area contributed by atoms with Crippen molar-refractivity contribution < 1.29 is 9.18 Å². The van der Waals surface area contributed by atoms with Crippen molar-refractivity contribution in [2.75, 3.05) is 5.43 Å². The molecular weight excluding hydrogens is 221 g/mol. The van der Waals surface area contributed by atoms with Crippen LogP contribution in [0.5, 0.6) is 0 Å². The monoisotopic (exact) mass is 233 g/mol. The van der Waals surface area contributed by atoms with Crippen LogP contribution in [0.1, 0.15) is 21.7 Å². The summed E-state index contributed by atoms with van der Waals surface area (Å²) >= 11 is 0. The van der Waals surface area contributed by atoms with Gasteiger partial charge < -0.3 is 0 Å². The average Bonchev–Trinajstić information content (AvgIpc) is 2.61. The van der Waals surface area contributed by atoms with E-state index >= 15 is 0 Å². The Balaban J connectivity index is 2.20. The molecule has 0 unspecified atom stereocenters. The Morgan fingerprint density at radius 2 is 1.88 bits per heavy atom. The number of carbonyl (C=O) groups is 1. The quantitative estimate of drug-likeness (QED) is 0.807. The minimum absolute atomic E-state index is 0.318. The maximum absolute atomic E-state index is 12.6. The molecule has 0 aliphatic rings. The van der Waals surface area contributed by atoms with Crippen LogP contribution in [-0.4, -0.2) is 15.6 Å². The largest absolute Gasteiger partial charge is 0.271 e. The van der Waals surface area contributed by atoms with Crippen molar-refractivity contribution in [1.82, 2.24) is 9.66 Å². The molecule has 2 aromatic rings. The second-order valence-corrected chi connectivity index (χ2v) is 3.76. The van der Waals surface area contributed by atoms with Gasteiger partial charge in [0.05, 0.1) is 5.56 Å². The van der Waals surface area contributed by atoms with Crippen molar-refractivity contribution in [3.63, 3.8) is 0 Å². The van der Waals surface area contributed by atoms with Crippen LogP contribution in [0.2, 0.25) is 0 Å². The summed E-state index contributed by atoms with van der Waals surface area (Å²) in [5, 5.41) is 0. The molecule has 0 bridgehead atoms. The van der Waals surface area contributed by atoms with E-state index in [1.807, 2.05) is 26.0 Å². The van der Waals surface area contributed by atoms with Gasteiger partial charge in [-0.25, -0.2) is 4.98 Å². The Hall–Kier alpha value is -2.17. The van der Waals surface area contributed by atoms with Crippen LogP contribution in [0.3, 0.4) is 0 Å². The molecule has 17 heavy (non-hydrogen) atoms. The summed E-state index contributed by atoms with van der Waals surface area (Å²) in [5.74, 6) is -0.922. The van der Waals surface area contributed by atoms with Gasteiger partial charge in [0.15, 0.2) is 0 Å². The van der Waals surface area contributed by atoms with E-state index in [1.54, 1.807) is 4.68 Å². The van der Waals surface area contributed by atoms with Crippen LogP contribution in [0, 0.1) is 19.8 Å². The minimum Gasteiger partial charge on any atom is -0.267 e. The van der Waals surface area contributed by atoms with Gasteiger partial charge in [0, 0.05) is 17.6 Å². The summed E-state index contributed by atoms with van der Waals surface area (Å²) < 4.78 is 14.3. The maximum atomic E-state index is 12.6. The average molecular weight is 233 g/mol. The van der Waals surface area contributed by atoms with Crippen LogP contribution < -0.4 is 5.43 Å². The Kier molecular flexibility index (Phi) is 2.91. The fourth-order valence-electron chi connectivity index (χ4n) is 1.52. The lowest BCUT2D eigenvalue weighted by atomic mass is 10.3. The number of hydrogen-bond acceptors (Lipinski definition) is 2. The zero-order valence-corrected chi connectivity index (χ0v) is 9.57. The predicted molar refractivity (Wildman–Crippen MR) is 61.8 cm³/mol. The third kappa shape index (κ3) is 2.33. The third-order valence-electron chi connectivity index (χ3n) is 2.47. The summed E-state index contributed by atoms with van der Waals surface area (Å²) in [6, 6.07) is 6.35. The Morgan fingerprint density at radius 3 is 2.41 bits per heavy atom. The summed E-state index contributed by atoms with van der Waals surface area (Å²) in [6.07, 6.45) is 1.21. The van der Waals surface area contributed by atoms with Crippen molar-refractivity contribution in [2.24, 2.45) is 0 Å². The first-order chi connectivity index (χ1) is 8.08. The molecule has 0 spiro atoms. The summed E-state index contributed by atoms with van der Waals surface area (Å²) in [4.78, 5) is 15.3. The molecule has 2 rings (SSSR count). The van der Waals surface area contributed by atoms with Crippen LogP contribution in [0.4, 0.5) is 4.39 Å².